The van der Waals surface area contributed by atoms with Crippen LogP contribution >= 0.6 is 11.6 Å². The van der Waals surface area contributed by atoms with Gasteiger partial charge in [0.05, 0.1) is 0 Å². The second-order valence-electron chi connectivity index (χ2n) is 5.26. The van der Waals surface area contributed by atoms with Gasteiger partial charge in [-0.25, -0.2) is 0 Å². The standard InChI is InChI=1S/C19H16ClN3O2/c1-13(24)15-4-8-18(9-5-15)23-19(25)16(10-21)12-22-11-14-2-6-17(20)7-3-14/h2-9,12,22H,11H2,1H3,(H,23,25)/b16-12-. The number of anilines is 1. The number of halogens is 1. The van der Waals surface area contributed by atoms with Gasteiger partial charge in [0, 0.05) is 29.0 Å². The van der Waals surface area contributed by atoms with Crippen molar-refractivity contribution in [3.05, 3.63) is 76.5 Å². The van der Waals surface area contributed by atoms with E-state index in [1.54, 1.807) is 36.4 Å². The van der Waals surface area contributed by atoms with Crippen molar-refractivity contribution >= 4 is 29.0 Å². The third kappa shape index (κ3) is 5.48. The number of Topliss-reactive ketones (excluding diaryl/α,β-unsaturated/α-hetero) is 1. The Labute approximate surface area is 150 Å². The molecule has 0 saturated carbocycles. The average molecular weight is 354 g/mol. The molecule has 0 aliphatic carbocycles. The number of nitriles is 1. The maximum atomic E-state index is 12.1. The number of benzene rings is 2. The van der Waals surface area contributed by atoms with Gasteiger partial charge >= 0.3 is 0 Å². The molecule has 25 heavy (non-hydrogen) atoms. The summed E-state index contributed by atoms with van der Waals surface area (Å²) in [6.45, 7) is 1.93. The molecular weight excluding hydrogens is 338 g/mol. The molecule has 2 aromatic rings. The van der Waals surface area contributed by atoms with Crippen LogP contribution in [-0.4, -0.2) is 11.7 Å². The molecular formula is C19H16ClN3O2. The van der Waals surface area contributed by atoms with Gasteiger partial charge in [0.2, 0.25) is 0 Å². The lowest BCUT2D eigenvalue weighted by atomic mass is 10.1. The van der Waals surface area contributed by atoms with Gasteiger partial charge in [-0.15, -0.1) is 0 Å². The summed E-state index contributed by atoms with van der Waals surface area (Å²) in [7, 11) is 0. The van der Waals surface area contributed by atoms with Crippen molar-refractivity contribution in [2.45, 2.75) is 13.5 Å². The van der Waals surface area contributed by atoms with Gasteiger partial charge in [-0.05, 0) is 48.9 Å². The van der Waals surface area contributed by atoms with Crippen molar-refractivity contribution in [2.75, 3.05) is 5.32 Å². The monoisotopic (exact) mass is 353 g/mol. The van der Waals surface area contributed by atoms with Crippen LogP contribution in [0.15, 0.2) is 60.3 Å². The lowest BCUT2D eigenvalue weighted by molar-refractivity contribution is -0.112. The maximum Gasteiger partial charge on any atom is 0.267 e. The molecule has 0 saturated heterocycles. The van der Waals surface area contributed by atoms with E-state index in [-0.39, 0.29) is 11.4 Å². The minimum atomic E-state index is -0.526. The molecule has 0 heterocycles. The zero-order valence-corrected chi connectivity index (χ0v) is 14.3. The molecule has 2 aromatic carbocycles. The molecule has 2 N–H and O–H groups in total. The zero-order chi connectivity index (χ0) is 18.2. The first-order valence-electron chi connectivity index (χ1n) is 7.50. The predicted octanol–water partition coefficient (Wildman–Crippen LogP) is 3.68. The highest BCUT2D eigenvalue weighted by atomic mass is 35.5. The van der Waals surface area contributed by atoms with E-state index in [1.165, 1.54) is 13.1 Å². The topological polar surface area (TPSA) is 82.0 Å². The second kappa shape index (κ2) is 8.67. The van der Waals surface area contributed by atoms with Gasteiger partial charge in [-0.2, -0.15) is 5.26 Å². The summed E-state index contributed by atoms with van der Waals surface area (Å²) >= 11 is 5.82. The van der Waals surface area contributed by atoms with Crippen molar-refractivity contribution in [3.8, 4) is 6.07 Å². The number of carbonyl (C=O) groups is 2. The minimum Gasteiger partial charge on any atom is -0.386 e. The fraction of sp³-hybridized carbons (Fsp3) is 0.105. The van der Waals surface area contributed by atoms with Gasteiger partial charge in [-0.3, -0.25) is 9.59 Å². The first-order valence-corrected chi connectivity index (χ1v) is 7.88. The summed E-state index contributed by atoms with van der Waals surface area (Å²) in [5, 5.41) is 15.3. The summed E-state index contributed by atoms with van der Waals surface area (Å²) in [5.74, 6) is -0.580. The third-order valence-electron chi connectivity index (χ3n) is 3.38. The summed E-state index contributed by atoms with van der Waals surface area (Å²) in [6.07, 6.45) is 1.37. The van der Waals surface area contributed by atoms with Crippen LogP contribution in [0.25, 0.3) is 0 Å². The molecule has 0 radical (unpaired) electrons. The van der Waals surface area contributed by atoms with Crippen molar-refractivity contribution in [3.63, 3.8) is 0 Å². The average Bonchev–Trinajstić information content (AvgIpc) is 2.60. The highest BCUT2D eigenvalue weighted by Gasteiger charge is 2.09. The van der Waals surface area contributed by atoms with Crippen LogP contribution in [0.5, 0.6) is 0 Å². The van der Waals surface area contributed by atoms with Crippen LogP contribution in [0.2, 0.25) is 5.02 Å². The van der Waals surface area contributed by atoms with Gasteiger partial charge in [0.15, 0.2) is 5.78 Å². The third-order valence-corrected chi connectivity index (χ3v) is 3.63. The molecule has 6 heteroatoms. The first-order chi connectivity index (χ1) is 12.0. The Hall–Kier alpha value is -3.10. The quantitative estimate of drug-likeness (QED) is 0.471. The van der Waals surface area contributed by atoms with Gasteiger partial charge in [-0.1, -0.05) is 23.7 Å². The smallest absolute Gasteiger partial charge is 0.267 e. The van der Waals surface area contributed by atoms with E-state index in [2.05, 4.69) is 10.6 Å². The number of nitrogens with one attached hydrogen (secondary N) is 2. The highest BCUT2D eigenvalue weighted by Crippen LogP contribution is 2.12. The largest absolute Gasteiger partial charge is 0.386 e. The Balaban J connectivity index is 1.96. The number of hydrogen-bond donors (Lipinski definition) is 2. The zero-order valence-electron chi connectivity index (χ0n) is 13.5. The Bertz CT molecular complexity index is 834. The van der Waals surface area contributed by atoms with Crippen molar-refractivity contribution < 1.29 is 9.59 Å². The van der Waals surface area contributed by atoms with Crippen molar-refractivity contribution in [1.29, 1.82) is 5.26 Å². The van der Waals surface area contributed by atoms with E-state index in [9.17, 15) is 9.59 Å². The molecule has 0 aliphatic rings. The van der Waals surface area contributed by atoms with Crippen LogP contribution in [0.4, 0.5) is 5.69 Å². The normalized spacial score (nSPS) is 10.7. The van der Waals surface area contributed by atoms with Crippen LogP contribution in [0, 0.1) is 11.3 Å². The van der Waals surface area contributed by atoms with E-state index >= 15 is 0 Å². The van der Waals surface area contributed by atoms with Gasteiger partial charge in [0.25, 0.3) is 5.91 Å². The molecule has 0 aliphatic heterocycles. The molecule has 5 nitrogen and oxygen atoms in total. The number of amides is 1. The number of ketones is 1. The molecule has 126 valence electrons. The van der Waals surface area contributed by atoms with Crippen molar-refractivity contribution in [2.24, 2.45) is 0 Å². The van der Waals surface area contributed by atoms with Crippen LogP contribution in [0.3, 0.4) is 0 Å². The predicted molar refractivity (Wildman–Crippen MR) is 97.1 cm³/mol. The van der Waals surface area contributed by atoms with Crippen LogP contribution in [0.1, 0.15) is 22.8 Å². The van der Waals surface area contributed by atoms with E-state index in [0.29, 0.717) is 22.8 Å². The lowest BCUT2D eigenvalue weighted by Gasteiger charge is -2.06. The fourth-order valence-corrected chi connectivity index (χ4v) is 2.13. The fourth-order valence-electron chi connectivity index (χ4n) is 2.01. The van der Waals surface area contributed by atoms with E-state index in [0.717, 1.165) is 5.56 Å². The number of nitrogens with zero attached hydrogens (tertiary/aromatic N) is 1. The lowest BCUT2D eigenvalue weighted by Crippen LogP contribution is -2.16. The minimum absolute atomic E-state index is 0.0513. The Kier molecular flexibility index (Phi) is 6.33. The number of carbonyl (C=O) groups excluding carboxylic acids is 2. The molecule has 0 unspecified atom stereocenters. The second-order valence-corrected chi connectivity index (χ2v) is 5.70. The van der Waals surface area contributed by atoms with Crippen LogP contribution in [-0.2, 0) is 11.3 Å². The Morgan fingerprint density at radius 1 is 1.12 bits per heavy atom. The van der Waals surface area contributed by atoms with E-state index < -0.39 is 5.91 Å². The summed E-state index contributed by atoms with van der Waals surface area (Å²) < 4.78 is 0. The molecule has 0 fully saturated rings. The van der Waals surface area contributed by atoms with Gasteiger partial charge < -0.3 is 10.6 Å². The highest BCUT2D eigenvalue weighted by molar-refractivity contribution is 6.30. The molecule has 0 spiro atoms. The van der Waals surface area contributed by atoms with E-state index in [4.69, 9.17) is 16.9 Å². The van der Waals surface area contributed by atoms with Gasteiger partial charge in [0.1, 0.15) is 11.6 Å². The Morgan fingerprint density at radius 2 is 1.76 bits per heavy atom. The van der Waals surface area contributed by atoms with Crippen LogP contribution < -0.4 is 10.6 Å². The summed E-state index contributed by atoms with van der Waals surface area (Å²) in [4.78, 5) is 23.4. The molecule has 2 rings (SSSR count). The Morgan fingerprint density at radius 3 is 2.32 bits per heavy atom. The molecule has 0 bridgehead atoms. The number of rotatable bonds is 6. The number of hydrogen-bond acceptors (Lipinski definition) is 4. The maximum absolute atomic E-state index is 12.1. The first kappa shape index (κ1) is 18.2. The van der Waals surface area contributed by atoms with Crippen molar-refractivity contribution in [1.82, 2.24) is 5.32 Å². The summed E-state index contributed by atoms with van der Waals surface area (Å²) in [5.41, 5.74) is 1.98. The SMILES string of the molecule is CC(=O)c1ccc(NC(=O)/C(C#N)=C\NCc2ccc(Cl)cc2)cc1. The summed E-state index contributed by atoms with van der Waals surface area (Å²) in [6, 6.07) is 15.6. The molecule has 0 atom stereocenters. The van der Waals surface area contributed by atoms with E-state index in [1.807, 2.05) is 18.2 Å². The molecule has 0 aromatic heterocycles. The molecule has 1 amide bonds.